The van der Waals surface area contributed by atoms with E-state index in [-0.39, 0.29) is 12.6 Å². The van der Waals surface area contributed by atoms with Crippen molar-refractivity contribution in [3.8, 4) is 0 Å². The van der Waals surface area contributed by atoms with Crippen LogP contribution >= 0.6 is 0 Å². The number of anilines is 2. The summed E-state index contributed by atoms with van der Waals surface area (Å²) in [6, 6.07) is 7.80. The van der Waals surface area contributed by atoms with E-state index in [1.54, 1.807) is 0 Å². The van der Waals surface area contributed by atoms with E-state index in [9.17, 15) is 9.90 Å². The summed E-state index contributed by atoms with van der Waals surface area (Å²) in [6.07, 6.45) is 7.60. The molecule has 1 aromatic rings. The smallest absolute Gasteiger partial charge is 0.319 e. The van der Waals surface area contributed by atoms with Gasteiger partial charge in [0, 0.05) is 24.5 Å². The van der Waals surface area contributed by atoms with Crippen LogP contribution in [0.3, 0.4) is 0 Å². The Balaban J connectivity index is 1.62. The zero-order valence-electron chi connectivity index (χ0n) is 13.7. The van der Waals surface area contributed by atoms with Gasteiger partial charge in [0.15, 0.2) is 0 Å². The second-order valence-electron chi connectivity index (χ2n) is 6.82. The Morgan fingerprint density at radius 1 is 1.13 bits per heavy atom. The number of amides is 2. The van der Waals surface area contributed by atoms with Gasteiger partial charge in [-0.1, -0.05) is 18.9 Å². The van der Waals surface area contributed by atoms with Crippen molar-refractivity contribution in [1.82, 2.24) is 5.32 Å². The summed E-state index contributed by atoms with van der Waals surface area (Å²) in [5.74, 6) is 0. The molecule has 0 bridgehead atoms. The fraction of sp³-hybridized carbons (Fsp3) is 0.611. The number of hydrogen-bond acceptors (Lipinski definition) is 3. The number of hydrogen-bond donors (Lipinski definition) is 3. The molecule has 0 atom stereocenters. The minimum absolute atomic E-state index is 0.00817. The van der Waals surface area contributed by atoms with Crippen molar-refractivity contribution in [3.05, 3.63) is 24.3 Å². The van der Waals surface area contributed by atoms with Gasteiger partial charge in [0.2, 0.25) is 0 Å². The van der Waals surface area contributed by atoms with Crippen LogP contribution in [0.4, 0.5) is 16.2 Å². The highest BCUT2D eigenvalue weighted by molar-refractivity contribution is 5.90. The van der Waals surface area contributed by atoms with E-state index >= 15 is 0 Å². The lowest BCUT2D eigenvalue weighted by Gasteiger charge is -2.29. The molecule has 1 saturated heterocycles. The van der Waals surface area contributed by atoms with E-state index in [1.165, 1.54) is 24.9 Å². The molecule has 0 spiro atoms. The van der Waals surface area contributed by atoms with E-state index < -0.39 is 5.54 Å². The standard InChI is InChI=1S/C18H27N3O2/c22-14-18(9-2-3-10-18)20-17(23)19-15-7-6-8-16(13-15)21-11-4-1-5-12-21/h6-8,13,22H,1-5,9-12,14H2,(H2,19,20,23). The number of benzene rings is 1. The monoisotopic (exact) mass is 317 g/mol. The van der Waals surface area contributed by atoms with Gasteiger partial charge < -0.3 is 20.6 Å². The molecule has 2 amide bonds. The highest BCUT2D eigenvalue weighted by atomic mass is 16.3. The van der Waals surface area contributed by atoms with Crippen LogP contribution in [-0.4, -0.2) is 36.4 Å². The van der Waals surface area contributed by atoms with Crippen LogP contribution in [-0.2, 0) is 0 Å². The Bertz CT molecular complexity index is 535. The zero-order valence-corrected chi connectivity index (χ0v) is 13.7. The van der Waals surface area contributed by atoms with Gasteiger partial charge in [-0.25, -0.2) is 4.79 Å². The Morgan fingerprint density at radius 2 is 1.87 bits per heavy atom. The van der Waals surface area contributed by atoms with E-state index in [0.717, 1.165) is 44.5 Å². The molecule has 5 heteroatoms. The lowest BCUT2D eigenvalue weighted by molar-refractivity contribution is 0.167. The van der Waals surface area contributed by atoms with Gasteiger partial charge in [-0.2, -0.15) is 0 Å². The van der Waals surface area contributed by atoms with Gasteiger partial charge in [-0.3, -0.25) is 0 Å². The second kappa shape index (κ2) is 7.21. The Morgan fingerprint density at radius 3 is 2.57 bits per heavy atom. The first kappa shape index (κ1) is 16.1. The van der Waals surface area contributed by atoms with Gasteiger partial charge >= 0.3 is 6.03 Å². The topological polar surface area (TPSA) is 64.6 Å². The summed E-state index contributed by atoms with van der Waals surface area (Å²) in [6.45, 7) is 2.18. The van der Waals surface area contributed by atoms with Crippen LogP contribution in [0.5, 0.6) is 0 Å². The van der Waals surface area contributed by atoms with Gasteiger partial charge in [-0.05, 0) is 50.3 Å². The van der Waals surface area contributed by atoms with Crippen molar-refractivity contribution in [3.63, 3.8) is 0 Å². The van der Waals surface area contributed by atoms with Crippen molar-refractivity contribution in [2.75, 3.05) is 29.9 Å². The average Bonchev–Trinajstić information content (AvgIpc) is 3.05. The SMILES string of the molecule is O=C(Nc1cccc(N2CCCCC2)c1)NC1(CO)CCCC1. The minimum atomic E-state index is -0.436. The predicted octanol–water partition coefficient (Wildman–Crippen LogP) is 3.10. The van der Waals surface area contributed by atoms with E-state index in [2.05, 4.69) is 21.6 Å². The normalized spacial score (nSPS) is 20.3. The van der Waals surface area contributed by atoms with Crippen LogP contribution in [0.15, 0.2) is 24.3 Å². The maximum Gasteiger partial charge on any atom is 0.319 e. The number of aliphatic hydroxyl groups excluding tert-OH is 1. The quantitative estimate of drug-likeness (QED) is 0.799. The molecule has 3 rings (SSSR count). The van der Waals surface area contributed by atoms with Crippen molar-refractivity contribution in [2.45, 2.75) is 50.5 Å². The molecule has 3 N–H and O–H groups in total. The van der Waals surface area contributed by atoms with E-state index in [4.69, 9.17) is 0 Å². The number of carbonyl (C=O) groups is 1. The van der Waals surface area contributed by atoms with Crippen LogP contribution in [0.1, 0.15) is 44.9 Å². The minimum Gasteiger partial charge on any atom is -0.394 e. The first-order valence-electron chi connectivity index (χ1n) is 8.76. The maximum atomic E-state index is 12.3. The number of piperidine rings is 1. The van der Waals surface area contributed by atoms with Crippen molar-refractivity contribution in [1.29, 1.82) is 0 Å². The zero-order chi connectivity index (χ0) is 16.1. The molecule has 1 aromatic carbocycles. The first-order valence-corrected chi connectivity index (χ1v) is 8.76. The lowest BCUT2D eigenvalue weighted by atomic mass is 9.99. The molecule has 0 radical (unpaired) electrons. The molecular formula is C18H27N3O2. The second-order valence-corrected chi connectivity index (χ2v) is 6.82. The molecule has 2 fully saturated rings. The van der Waals surface area contributed by atoms with E-state index in [1.807, 2.05) is 18.2 Å². The molecule has 1 aliphatic carbocycles. The molecule has 0 unspecified atom stereocenters. The largest absolute Gasteiger partial charge is 0.394 e. The number of urea groups is 1. The molecular weight excluding hydrogens is 290 g/mol. The number of carbonyl (C=O) groups excluding carboxylic acids is 1. The van der Waals surface area contributed by atoms with Crippen LogP contribution in [0.2, 0.25) is 0 Å². The molecule has 1 saturated carbocycles. The van der Waals surface area contributed by atoms with E-state index in [0.29, 0.717) is 0 Å². The van der Waals surface area contributed by atoms with Crippen molar-refractivity contribution in [2.24, 2.45) is 0 Å². The fourth-order valence-corrected chi connectivity index (χ4v) is 3.71. The third kappa shape index (κ3) is 3.96. The fourth-order valence-electron chi connectivity index (χ4n) is 3.71. The Labute approximate surface area is 138 Å². The Kier molecular flexibility index (Phi) is 5.06. The number of nitrogens with zero attached hydrogens (tertiary/aromatic N) is 1. The molecule has 0 aromatic heterocycles. The summed E-state index contributed by atoms with van der Waals surface area (Å²) >= 11 is 0. The van der Waals surface area contributed by atoms with Gasteiger partial charge in [0.05, 0.1) is 12.1 Å². The van der Waals surface area contributed by atoms with Crippen LogP contribution in [0, 0.1) is 0 Å². The van der Waals surface area contributed by atoms with Gasteiger partial charge in [0.1, 0.15) is 0 Å². The molecule has 1 heterocycles. The third-order valence-corrected chi connectivity index (χ3v) is 5.07. The van der Waals surface area contributed by atoms with Crippen molar-refractivity contribution < 1.29 is 9.90 Å². The first-order chi connectivity index (χ1) is 11.2. The number of rotatable bonds is 4. The number of aliphatic hydroxyl groups is 1. The number of nitrogens with one attached hydrogen (secondary N) is 2. The highest BCUT2D eigenvalue weighted by Crippen LogP contribution is 2.29. The highest BCUT2D eigenvalue weighted by Gasteiger charge is 2.34. The molecule has 126 valence electrons. The van der Waals surface area contributed by atoms with Crippen LogP contribution in [0.25, 0.3) is 0 Å². The van der Waals surface area contributed by atoms with Gasteiger partial charge in [-0.15, -0.1) is 0 Å². The average molecular weight is 317 g/mol. The Hall–Kier alpha value is -1.75. The summed E-state index contributed by atoms with van der Waals surface area (Å²) in [4.78, 5) is 14.6. The van der Waals surface area contributed by atoms with Gasteiger partial charge in [0.25, 0.3) is 0 Å². The van der Waals surface area contributed by atoms with Crippen LogP contribution < -0.4 is 15.5 Å². The van der Waals surface area contributed by atoms with Crippen molar-refractivity contribution >= 4 is 17.4 Å². The third-order valence-electron chi connectivity index (χ3n) is 5.07. The molecule has 23 heavy (non-hydrogen) atoms. The summed E-state index contributed by atoms with van der Waals surface area (Å²) in [7, 11) is 0. The molecule has 2 aliphatic rings. The predicted molar refractivity (Wildman–Crippen MR) is 92.9 cm³/mol. The summed E-state index contributed by atoms with van der Waals surface area (Å²) in [5.41, 5.74) is 1.53. The molecule has 1 aliphatic heterocycles. The molecule has 5 nitrogen and oxygen atoms in total. The summed E-state index contributed by atoms with van der Waals surface area (Å²) in [5, 5.41) is 15.5. The maximum absolute atomic E-state index is 12.3. The lowest BCUT2D eigenvalue weighted by Crippen LogP contribution is -2.50. The summed E-state index contributed by atoms with van der Waals surface area (Å²) < 4.78 is 0.